The number of halogens is 3. The number of hydrogen-bond acceptors (Lipinski definition) is 4. The Labute approximate surface area is 147 Å². The highest BCUT2D eigenvalue weighted by Gasteiger charge is 2.34. The van der Waals surface area contributed by atoms with Crippen LogP contribution in [-0.4, -0.2) is 24.9 Å². The van der Waals surface area contributed by atoms with Crippen LogP contribution < -0.4 is 10.2 Å². The third kappa shape index (κ3) is 3.93. The normalized spacial score (nSPS) is 11.2. The van der Waals surface area contributed by atoms with Crippen LogP contribution in [0.3, 0.4) is 0 Å². The van der Waals surface area contributed by atoms with Gasteiger partial charge in [0.25, 0.3) is 11.6 Å². The third-order valence-corrected chi connectivity index (χ3v) is 3.82. The van der Waals surface area contributed by atoms with Crippen molar-refractivity contribution < 1.29 is 22.9 Å². The summed E-state index contributed by atoms with van der Waals surface area (Å²) in [6.07, 6.45) is -4.67. The van der Waals surface area contributed by atoms with Gasteiger partial charge in [-0.05, 0) is 31.2 Å². The monoisotopic (exact) mass is 367 g/mol. The van der Waals surface area contributed by atoms with Crippen LogP contribution >= 0.6 is 0 Å². The average Bonchev–Trinajstić information content (AvgIpc) is 2.53. The number of amides is 1. The number of nitrogens with one attached hydrogen (secondary N) is 1. The maximum atomic E-state index is 13.3. The molecule has 0 spiro atoms. The minimum Gasteiger partial charge on any atom is -0.378 e. The summed E-state index contributed by atoms with van der Waals surface area (Å²) in [6.45, 7) is 1.37. The highest BCUT2D eigenvalue weighted by atomic mass is 19.4. The molecule has 0 bridgehead atoms. The first-order valence-corrected chi connectivity index (χ1v) is 7.46. The van der Waals surface area contributed by atoms with Crippen molar-refractivity contribution in [2.24, 2.45) is 0 Å². The number of rotatable bonds is 4. The van der Waals surface area contributed by atoms with Gasteiger partial charge in [0, 0.05) is 37.0 Å². The van der Waals surface area contributed by atoms with Gasteiger partial charge in [-0.25, -0.2) is 0 Å². The lowest BCUT2D eigenvalue weighted by Gasteiger charge is -2.19. The predicted molar refractivity (Wildman–Crippen MR) is 91.6 cm³/mol. The zero-order chi connectivity index (χ0) is 19.6. The molecule has 1 amide bonds. The molecular formula is C17H16F3N3O3. The van der Waals surface area contributed by atoms with Crippen molar-refractivity contribution in [2.75, 3.05) is 24.3 Å². The molecule has 2 aromatic rings. The first kappa shape index (κ1) is 19.2. The lowest BCUT2D eigenvalue weighted by atomic mass is 10.1. The Hall–Kier alpha value is -3.10. The van der Waals surface area contributed by atoms with Gasteiger partial charge in [0.05, 0.1) is 16.2 Å². The summed E-state index contributed by atoms with van der Waals surface area (Å²) in [5.74, 6) is -0.852. The highest BCUT2D eigenvalue weighted by Crippen LogP contribution is 2.37. The van der Waals surface area contributed by atoms with Crippen LogP contribution in [0, 0.1) is 17.0 Å². The fourth-order valence-electron chi connectivity index (χ4n) is 2.41. The van der Waals surface area contributed by atoms with E-state index in [4.69, 9.17) is 0 Å². The Morgan fingerprint density at radius 2 is 1.85 bits per heavy atom. The first-order valence-electron chi connectivity index (χ1n) is 7.46. The zero-order valence-corrected chi connectivity index (χ0v) is 14.2. The van der Waals surface area contributed by atoms with Gasteiger partial charge < -0.3 is 10.2 Å². The number of alkyl halides is 3. The molecule has 0 aliphatic carbocycles. The Kier molecular flexibility index (Phi) is 5.20. The summed E-state index contributed by atoms with van der Waals surface area (Å²) in [6, 6.07) is 7.36. The van der Waals surface area contributed by atoms with Crippen LogP contribution in [-0.2, 0) is 6.18 Å². The van der Waals surface area contributed by atoms with Crippen LogP contribution in [0.15, 0.2) is 36.4 Å². The second kappa shape index (κ2) is 7.03. The van der Waals surface area contributed by atoms with E-state index in [0.29, 0.717) is 5.69 Å². The minimum atomic E-state index is -4.67. The summed E-state index contributed by atoms with van der Waals surface area (Å²) >= 11 is 0. The maximum absolute atomic E-state index is 13.3. The minimum absolute atomic E-state index is 0.0657. The molecule has 138 valence electrons. The van der Waals surface area contributed by atoms with Gasteiger partial charge in [-0.3, -0.25) is 14.9 Å². The number of nitrogens with zero attached hydrogens (tertiary/aromatic N) is 2. The first-order chi connectivity index (χ1) is 12.0. The largest absolute Gasteiger partial charge is 0.418 e. The summed E-state index contributed by atoms with van der Waals surface area (Å²) < 4.78 is 40.0. The maximum Gasteiger partial charge on any atom is 0.418 e. The van der Waals surface area contributed by atoms with Crippen molar-refractivity contribution in [1.29, 1.82) is 0 Å². The van der Waals surface area contributed by atoms with Crippen molar-refractivity contribution >= 4 is 23.0 Å². The lowest BCUT2D eigenvalue weighted by molar-refractivity contribution is -0.385. The van der Waals surface area contributed by atoms with Crippen molar-refractivity contribution in [3.63, 3.8) is 0 Å². The van der Waals surface area contributed by atoms with Gasteiger partial charge in [-0.1, -0.05) is 6.07 Å². The van der Waals surface area contributed by atoms with E-state index < -0.39 is 28.3 Å². The molecule has 0 heterocycles. The second-order valence-corrected chi connectivity index (χ2v) is 5.78. The lowest BCUT2D eigenvalue weighted by Crippen LogP contribution is -2.19. The van der Waals surface area contributed by atoms with Gasteiger partial charge in [0.15, 0.2) is 0 Å². The number of nitro groups is 1. The van der Waals surface area contributed by atoms with Gasteiger partial charge in [-0.15, -0.1) is 0 Å². The van der Waals surface area contributed by atoms with E-state index in [9.17, 15) is 28.1 Å². The van der Waals surface area contributed by atoms with Crippen LogP contribution in [0.1, 0.15) is 21.5 Å². The molecule has 2 aromatic carbocycles. The zero-order valence-electron chi connectivity index (χ0n) is 14.2. The number of hydrogen-bond donors (Lipinski definition) is 1. The van der Waals surface area contributed by atoms with Crippen molar-refractivity contribution in [2.45, 2.75) is 13.1 Å². The van der Waals surface area contributed by atoms with Gasteiger partial charge >= 0.3 is 6.18 Å². The Balaban J connectivity index is 2.44. The van der Waals surface area contributed by atoms with E-state index in [1.54, 1.807) is 14.1 Å². The molecule has 6 nitrogen and oxygen atoms in total. The molecule has 0 atom stereocenters. The van der Waals surface area contributed by atoms with E-state index in [1.165, 1.54) is 36.1 Å². The average molecular weight is 367 g/mol. The fraction of sp³-hybridized carbons (Fsp3) is 0.235. The predicted octanol–water partition coefficient (Wildman–Crippen LogP) is 4.24. The standard InChI is InChI=1S/C17H16F3N3O3/c1-10-12(5-4-6-15(10)23(25)26)16(24)21-14-8-7-11(22(2)3)9-13(14)17(18,19)20/h4-9H,1-3H3,(H,21,24). The molecule has 0 saturated heterocycles. The Morgan fingerprint density at radius 1 is 1.19 bits per heavy atom. The molecule has 1 N–H and O–H groups in total. The van der Waals surface area contributed by atoms with Crippen LogP contribution in [0.25, 0.3) is 0 Å². The number of nitro benzene ring substituents is 1. The van der Waals surface area contributed by atoms with E-state index in [2.05, 4.69) is 5.32 Å². The molecule has 0 radical (unpaired) electrons. The summed E-state index contributed by atoms with van der Waals surface area (Å²) in [7, 11) is 3.19. The molecule has 0 aliphatic rings. The van der Waals surface area contributed by atoms with Crippen LogP contribution in [0.4, 0.5) is 30.2 Å². The smallest absolute Gasteiger partial charge is 0.378 e. The quantitative estimate of drug-likeness (QED) is 0.648. The van der Waals surface area contributed by atoms with E-state index in [0.717, 1.165) is 12.1 Å². The van der Waals surface area contributed by atoms with Gasteiger partial charge in [-0.2, -0.15) is 13.2 Å². The van der Waals surface area contributed by atoms with E-state index >= 15 is 0 Å². The fourth-order valence-corrected chi connectivity index (χ4v) is 2.41. The van der Waals surface area contributed by atoms with E-state index in [1.807, 2.05) is 0 Å². The van der Waals surface area contributed by atoms with Crippen LogP contribution in [0.5, 0.6) is 0 Å². The topological polar surface area (TPSA) is 75.5 Å². The number of benzene rings is 2. The molecule has 9 heteroatoms. The van der Waals surface area contributed by atoms with E-state index in [-0.39, 0.29) is 16.8 Å². The van der Waals surface area contributed by atoms with Gasteiger partial charge in [0.1, 0.15) is 0 Å². The number of carbonyl (C=O) groups excluding carboxylic acids is 1. The van der Waals surface area contributed by atoms with Crippen molar-refractivity contribution in [3.05, 3.63) is 63.2 Å². The highest BCUT2D eigenvalue weighted by molar-refractivity contribution is 6.06. The molecule has 0 fully saturated rings. The summed E-state index contributed by atoms with van der Waals surface area (Å²) in [4.78, 5) is 24.2. The second-order valence-electron chi connectivity index (χ2n) is 5.78. The molecule has 0 saturated carbocycles. The molecule has 0 aliphatic heterocycles. The summed E-state index contributed by atoms with van der Waals surface area (Å²) in [5, 5.41) is 13.2. The molecule has 2 rings (SSSR count). The Bertz CT molecular complexity index is 864. The molecule has 0 unspecified atom stereocenters. The van der Waals surface area contributed by atoms with Gasteiger partial charge in [0.2, 0.25) is 0 Å². The summed E-state index contributed by atoms with van der Waals surface area (Å²) in [5.41, 5.74) is -1.37. The SMILES string of the molecule is Cc1c(C(=O)Nc2ccc(N(C)C)cc2C(F)(F)F)cccc1[N+](=O)[O-]. The molecule has 26 heavy (non-hydrogen) atoms. The van der Waals surface area contributed by atoms with Crippen molar-refractivity contribution in [3.8, 4) is 0 Å². The molecular weight excluding hydrogens is 351 g/mol. The number of anilines is 2. The Morgan fingerprint density at radius 3 is 2.38 bits per heavy atom. The third-order valence-electron chi connectivity index (χ3n) is 3.82. The number of carbonyl (C=O) groups is 1. The van der Waals surface area contributed by atoms with Crippen molar-refractivity contribution in [1.82, 2.24) is 0 Å². The molecule has 0 aromatic heterocycles. The van der Waals surface area contributed by atoms with Crippen LogP contribution in [0.2, 0.25) is 0 Å².